The second kappa shape index (κ2) is 5.50. The van der Waals surface area contributed by atoms with Crippen molar-refractivity contribution in [2.24, 2.45) is 10.8 Å². The number of thioether (sulfide) groups is 1. The van der Waals surface area contributed by atoms with E-state index in [1.807, 2.05) is 43.8 Å². The maximum Gasteiger partial charge on any atom is 0.149 e. The first-order valence-corrected chi connectivity index (χ1v) is 10.1. The van der Waals surface area contributed by atoms with E-state index < -0.39 is 5.41 Å². The Bertz CT molecular complexity index is 710. The zero-order valence-corrected chi connectivity index (χ0v) is 15.7. The molecule has 5 heteroatoms. The third-order valence-corrected chi connectivity index (χ3v) is 7.05. The fraction of sp³-hybridized carbons (Fsp3) is 0.579. The van der Waals surface area contributed by atoms with Crippen molar-refractivity contribution in [3.8, 4) is 0 Å². The largest absolute Gasteiger partial charge is 0.365 e. The van der Waals surface area contributed by atoms with Gasteiger partial charge in [-0.25, -0.2) is 0 Å². The highest BCUT2D eigenvalue weighted by Gasteiger charge is 2.60. The predicted molar refractivity (Wildman–Crippen MR) is 99.1 cm³/mol. The Balaban J connectivity index is 1.86. The van der Waals surface area contributed by atoms with Crippen LogP contribution in [0.4, 0.5) is 5.69 Å². The lowest BCUT2D eigenvalue weighted by molar-refractivity contribution is -0.150. The molecule has 0 unspecified atom stereocenters. The van der Waals surface area contributed by atoms with E-state index >= 15 is 0 Å². The number of hydrogen-bond acceptors (Lipinski definition) is 4. The summed E-state index contributed by atoms with van der Waals surface area (Å²) < 4.78 is 0. The zero-order chi connectivity index (χ0) is 17.1. The van der Waals surface area contributed by atoms with Crippen molar-refractivity contribution in [1.82, 2.24) is 0 Å². The van der Waals surface area contributed by atoms with Gasteiger partial charge in [0.15, 0.2) is 0 Å². The first-order chi connectivity index (χ1) is 11.3. The maximum absolute atomic E-state index is 13.2. The van der Waals surface area contributed by atoms with Crippen LogP contribution >= 0.6 is 23.4 Å². The molecule has 2 aliphatic heterocycles. The Labute approximate surface area is 152 Å². The molecule has 1 aliphatic carbocycles. The van der Waals surface area contributed by atoms with Crippen LogP contribution in [-0.2, 0) is 16.0 Å². The fourth-order valence-electron chi connectivity index (χ4n) is 4.64. The van der Waals surface area contributed by atoms with Crippen molar-refractivity contribution >= 4 is 40.6 Å². The Kier molecular flexibility index (Phi) is 3.77. The van der Waals surface area contributed by atoms with E-state index in [9.17, 15) is 9.59 Å². The van der Waals surface area contributed by atoms with Crippen molar-refractivity contribution in [3.63, 3.8) is 0 Å². The first-order valence-electron chi connectivity index (χ1n) is 8.53. The molecule has 1 aromatic rings. The van der Waals surface area contributed by atoms with Gasteiger partial charge < -0.3 is 4.90 Å². The molecule has 0 aromatic heterocycles. The number of carbonyl (C=O) groups excluding carboxylic acids is 2. The molecule has 0 amide bonds. The summed E-state index contributed by atoms with van der Waals surface area (Å²) in [6, 6.07) is 5.83. The Morgan fingerprint density at radius 3 is 2.58 bits per heavy atom. The number of halogens is 1. The summed E-state index contributed by atoms with van der Waals surface area (Å²) in [5.41, 5.74) is 1.13. The molecule has 0 N–H and O–H groups in total. The molecule has 1 saturated carbocycles. The molecule has 1 atom stereocenters. The Morgan fingerprint density at radius 1 is 1.17 bits per heavy atom. The number of benzene rings is 1. The normalized spacial score (nSPS) is 27.8. The van der Waals surface area contributed by atoms with Crippen molar-refractivity contribution in [2.75, 3.05) is 23.0 Å². The van der Waals surface area contributed by atoms with E-state index in [4.69, 9.17) is 11.6 Å². The lowest BCUT2D eigenvalue weighted by atomic mass is 9.57. The summed E-state index contributed by atoms with van der Waals surface area (Å²) in [6.45, 7) is 4.92. The van der Waals surface area contributed by atoms with Gasteiger partial charge in [-0.05, 0) is 29.5 Å². The van der Waals surface area contributed by atoms with Gasteiger partial charge >= 0.3 is 0 Å². The molecular formula is C19H22ClNO2S. The number of ketones is 2. The summed E-state index contributed by atoms with van der Waals surface area (Å²) in [4.78, 5) is 28.8. The molecule has 24 heavy (non-hydrogen) atoms. The van der Waals surface area contributed by atoms with Crippen molar-refractivity contribution in [2.45, 2.75) is 39.2 Å². The number of anilines is 1. The topological polar surface area (TPSA) is 37.4 Å². The van der Waals surface area contributed by atoms with Gasteiger partial charge in [-0.15, -0.1) is 0 Å². The van der Waals surface area contributed by atoms with Crippen LogP contribution in [0.1, 0.15) is 32.3 Å². The Hall–Kier alpha value is -1.00. The van der Waals surface area contributed by atoms with Crippen LogP contribution in [0.5, 0.6) is 0 Å². The second-order valence-corrected chi connectivity index (χ2v) is 9.66. The minimum absolute atomic E-state index is 0.0293. The van der Waals surface area contributed by atoms with Gasteiger partial charge in [0.25, 0.3) is 0 Å². The van der Waals surface area contributed by atoms with Gasteiger partial charge in [0.05, 0.1) is 6.04 Å². The van der Waals surface area contributed by atoms with Gasteiger partial charge in [-0.1, -0.05) is 31.5 Å². The molecule has 3 aliphatic rings. The fourth-order valence-corrected chi connectivity index (χ4v) is 5.99. The van der Waals surface area contributed by atoms with E-state index in [2.05, 4.69) is 4.90 Å². The van der Waals surface area contributed by atoms with Crippen molar-refractivity contribution in [3.05, 3.63) is 28.8 Å². The quantitative estimate of drug-likeness (QED) is 0.658. The molecule has 0 bridgehead atoms. The highest BCUT2D eigenvalue weighted by molar-refractivity contribution is 7.99. The van der Waals surface area contributed by atoms with E-state index in [0.717, 1.165) is 29.3 Å². The third-order valence-electron chi connectivity index (χ3n) is 5.80. The Morgan fingerprint density at radius 2 is 1.88 bits per heavy atom. The lowest BCUT2D eigenvalue weighted by Crippen LogP contribution is -2.65. The number of carbonyl (C=O) groups is 2. The van der Waals surface area contributed by atoms with Crippen LogP contribution in [0.25, 0.3) is 0 Å². The first kappa shape index (κ1) is 16.5. The summed E-state index contributed by atoms with van der Waals surface area (Å²) >= 11 is 8.07. The van der Waals surface area contributed by atoms with E-state index in [1.54, 1.807) is 0 Å². The number of nitrogens with zero attached hydrogens (tertiary/aromatic N) is 1. The van der Waals surface area contributed by atoms with Gasteiger partial charge in [0.2, 0.25) is 0 Å². The molecule has 2 heterocycles. The number of fused-ring (bicyclic) bond motifs is 4. The SMILES string of the molecule is CC1(C)CC(=O)C2(Cc3ccc(Cl)cc3N3CCSC[C@H]32)C(=O)C1. The average Bonchev–Trinajstić information content (AvgIpc) is 2.52. The average molecular weight is 364 g/mol. The summed E-state index contributed by atoms with van der Waals surface area (Å²) in [5.74, 6) is 2.14. The zero-order valence-electron chi connectivity index (χ0n) is 14.1. The smallest absolute Gasteiger partial charge is 0.149 e. The van der Waals surface area contributed by atoms with Crippen molar-refractivity contribution in [1.29, 1.82) is 0 Å². The van der Waals surface area contributed by atoms with Crippen LogP contribution in [0.15, 0.2) is 18.2 Å². The van der Waals surface area contributed by atoms with Gasteiger partial charge in [-0.2, -0.15) is 11.8 Å². The minimum Gasteiger partial charge on any atom is -0.365 e. The molecule has 4 rings (SSSR count). The number of Topliss-reactive ketones (excluding diaryl/α,β-unsaturated/α-hetero) is 2. The highest BCUT2D eigenvalue weighted by atomic mass is 35.5. The predicted octanol–water partition coefficient (Wildman–Crippen LogP) is 3.76. The van der Waals surface area contributed by atoms with Crippen molar-refractivity contribution < 1.29 is 9.59 Å². The molecule has 1 saturated heterocycles. The standard InChI is InChI=1S/C19H22ClNO2S/c1-18(2)9-16(22)19(17(23)10-18)8-12-3-4-13(20)7-14(12)21-5-6-24-11-15(19)21/h3-4,7,15H,5-6,8-11H2,1-2H3/t15-/m0/s1. The summed E-state index contributed by atoms with van der Waals surface area (Å²) in [5, 5.41) is 0.712. The molecular weight excluding hydrogens is 342 g/mol. The monoisotopic (exact) mass is 363 g/mol. The van der Waals surface area contributed by atoms with Crippen LogP contribution in [0.3, 0.4) is 0 Å². The maximum atomic E-state index is 13.2. The molecule has 128 valence electrons. The third kappa shape index (κ3) is 2.33. The lowest BCUT2D eigenvalue weighted by Gasteiger charge is -2.54. The highest BCUT2D eigenvalue weighted by Crippen LogP contribution is 2.51. The number of hydrogen-bond donors (Lipinski definition) is 0. The summed E-state index contributed by atoms with van der Waals surface area (Å²) in [6.07, 6.45) is 1.53. The summed E-state index contributed by atoms with van der Waals surface area (Å²) in [7, 11) is 0. The van der Waals surface area contributed by atoms with E-state index in [-0.39, 0.29) is 23.0 Å². The van der Waals surface area contributed by atoms with Gasteiger partial charge in [-0.3, -0.25) is 9.59 Å². The molecule has 2 fully saturated rings. The van der Waals surface area contributed by atoms with E-state index in [1.165, 1.54) is 0 Å². The minimum atomic E-state index is -0.857. The van der Waals surface area contributed by atoms with Crippen LogP contribution in [0.2, 0.25) is 5.02 Å². The molecule has 3 nitrogen and oxygen atoms in total. The molecule has 1 aromatic carbocycles. The molecule has 1 spiro atoms. The van der Waals surface area contributed by atoms with Crippen LogP contribution in [-0.4, -0.2) is 35.7 Å². The van der Waals surface area contributed by atoms with Gasteiger partial charge in [0, 0.05) is 41.6 Å². The van der Waals surface area contributed by atoms with Gasteiger partial charge in [0.1, 0.15) is 17.0 Å². The van der Waals surface area contributed by atoms with Crippen LogP contribution in [0, 0.1) is 10.8 Å². The van der Waals surface area contributed by atoms with Crippen LogP contribution < -0.4 is 4.90 Å². The second-order valence-electron chi connectivity index (χ2n) is 8.07. The van der Waals surface area contributed by atoms with E-state index in [0.29, 0.717) is 24.3 Å². The molecule has 0 radical (unpaired) electrons. The number of rotatable bonds is 0.